The third kappa shape index (κ3) is 2.34. The van der Waals surface area contributed by atoms with Gasteiger partial charge in [-0.25, -0.2) is 0 Å². The van der Waals surface area contributed by atoms with Gasteiger partial charge in [0.15, 0.2) is 5.78 Å². The van der Waals surface area contributed by atoms with Crippen LogP contribution in [0.2, 0.25) is 0 Å². The van der Waals surface area contributed by atoms with Crippen LogP contribution in [-0.4, -0.2) is 21.2 Å². The van der Waals surface area contributed by atoms with Gasteiger partial charge < -0.3 is 15.5 Å². The number of fused-ring (bicyclic) bond motifs is 1. The molecular weight excluding hydrogens is 302 g/mol. The highest BCUT2D eigenvalue weighted by Crippen LogP contribution is 2.34. The van der Waals surface area contributed by atoms with E-state index in [1.807, 2.05) is 47.9 Å². The number of nitrogens with zero attached hydrogens (tertiary/aromatic N) is 2. The van der Waals surface area contributed by atoms with E-state index in [9.17, 15) is 9.90 Å². The van der Waals surface area contributed by atoms with Gasteiger partial charge in [-0.05, 0) is 45.0 Å². The highest BCUT2D eigenvalue weighted by Gasteiger charge is 2.20. The van der Waals surface area contributed by atoms with Gasteiger partial charge in [-0.3, -0.25) is 4.79 Å². The standard InChI is InChI=1S/C19H19N3O2/c1-11(21-20)15-9-17-16(10-18(15)24)19(13(3)23)12(2)22(17)14-7-5-4-6-8-14/h4-10,24H,20H2,1-3H3/b21-11-. The number of hydrazone groups is 1. The monoisotopic (exact) mass is 321 g/mol. The minimum atomic E-state index is -0.0384. The Labute approximate surface area is 140 Å². The number of phenols is 1. The summed E-state index contributed by atoms with van der Waals surface area (Å²) in [6.07, 6.45) is 0. The van der Waals surface area contributed by atoms with Crippen molar-refractivity contribution in [1.82, 2.24) is 4.57 Å². The zero-order valence-electron chi connectivity index (χ0n) is 13.9. The van der Waals surface area contributed by atoms with Crippen LogP contribution in [0, 0.1) is 6.92 Å². The topological polar surface area (TPSA) is 80.6 Å². The number of Topliss-reactive ketones (excluding diaryl/α,β-unsaturated/α-hetero) is 1. The SMILES string of the molecule is CC(=O)c1c(C)n(-c2ccccc2)c2cc(/C(C)=N\N)c(O)cc12. The summed E-state index contributed by atoms with van der Waals surface area (Å²) in [6, 6.07) is 13.2. The Hall–Kier alpha value is -3.08. The fraction of sp³-hybridized carbons (Fsp3) is 0.158. The first-order chi connectivity index (χ1) is 11.5. The van der Waals surface area contributed by atoms with E-state index < -0.39 is 0 Å². The van der Waals surface area contributed by atoms with Gasteiger partial charge in [0, 0.05) is 27.9 Å². The van der Waals surface area contributed by atoms with Crippen LogP contribution in [0.25, 0.3) is 16.6 Å². The van der Waals surface area contributed by atoms with Gasteiger partial charge in [0.1, 0.15) is 5.75 Å². The predicted molar refractivity (Wildman–Crippen MR) is 96.1 cm³/mol. The van der Waals surface area contributed by atoms with E-state index in [0.29, 0.717) is 16.8 Å². The third-order valence-electron chi connectivity index (χ3n) is 4.27. The van der Waals surface area contributed by atoms with Crippen LogP contribution >= 0.6 is 0 Å². The predicted octanol–water partition coefficient (Wildman–Crippen LogP) is 3.53. The van der Waals surface area contributed by atoms with Crippen molar-refractivity contribution in [2.45, 2.75) is 20.8 Å². The number of carbonyl (C=O) groups is 1. The first-order valence-electron chi connectivity index (χ1n) is 7.65. The lowest BCUT2D eigenvalue weighted by Crippen LogP contribution is -2.01. The molecule has 3 rings (SSSR count). The maximum Gasteiger partial charge on any atom is 0.162 e. The Balaban J connectivity index is 2.47. The molecule has 0 unspecified atom stereocenters. The summed E-state index contributed by atoms with van der Waals surface area (Å²) in [5, 5.41) is 14.7. The molecule has 0 fully saturated rings. The maximum absolute atomic E-state index is 12.2. The van der Waals surface area contributed by atoms with Crippen molar-refractivity contribution in [2.24, 2.45) is 10.9 Å². The van der Waals surface area contributed by atoms with Gasteiger partial charge in [-0.1, -0.05) is 18.2 Å². The lowest BCUT2D eigenvalue weighted by Gasteiger charge is -2.10. The van der Waals surface area contributed by atoms with E-state index in [-0.39, 0.29) is 11.5 Å². The van der Waals surface area contributed by atoms with Gasteiger partial charge >= 0.3 is 0 Å². The van der Waals surface area contributed by atoms with E-state index >= 15 is 0 Å². The number of para-hydroxylation sites is 1. The Morgan fingerprint density at radius 3 is 2.42 bits per heavy atom. The number of nitrogens with two attached hydrogens (primary N) is 1. The van der Waals surface area contributed by atoms with Gasteiger partial charge in [0.05, 0.1) is 11.2 Å². The first kappa shape index (κ1) is 15.8. The molecule has 3 aromatic rings. The number of hydrogen-bond donors (Lipinski definition) is 2. The van der Waals surface area contributed by atoms with Crippen LogP contribution in [0.4, 0.5) is 0 Å². The second-order valence-electron chi connectivity index (χ2n) is 5.79. The van der Waals surface area contributed by atoms with Crippen molar-refractivity contribution in [2.75, 3.05) is 0 Å². The quantitative estimate of drug-likeness (QED) is 0.335. The number of rotatable bonds is 3. The molecule has 0 bridgehead atoms. The molecule has 0 amide bonds. The second kappa shape index (κ2) is 5.85. The Morgan fingerprint density at radius 2 is 1.83 bits per heavy atom. The van der Waals surface area contributed by atoms with E-state index in [4.69, 9.17) is 5.84 Å². The highest BCUT2D eigenvalue weighted by molar-refractivity contribution is 6.12. The van der Waals surface area contributed by atoms with Crippen LogP contribution in [0.3, 0.4) is 0 Å². The van der Waals surface area contributed by atoms with Gasteiger partial charge in [-0.2, -0.15) is 5.10 Å². The summed E-state index contributed by atoms with van der Waals surface area (Å²) in [4.78, 5) is 12.2. The van der Waals surface area contributed by atoms with Crippen molar-refractivity contribution in [3.8, 4) is 11.4 Å². The molecule has 0 saturated heterocycles. The van der Waals surface area contributed by atoms with E-state index in [1.165, 1.54) is 6.92 Å². The summed E-state index contributed by atoms with van der Waals surface area (Å²) in [5.74, 6) is 5.38. The fourth-order valence-electron chi connectivity index (χ4n) is 3.16. The van der Waals surface area contributed by atoms with Gasteiger partial charge in [0.25, 0.3) is 0 Å². The molecule has 0 aliphatic heterocycles. The van der Waals surface area contributed by atoms with Crippen molar-refractivity contribution in [3.05, 3.63) is 59.3 Å². The van der Waals surface area contributed by atoms with Crippen LogP contribution in [0.15, 0.2) is 47.6 Å². The van der Waals surface area contributed by atoms with Crippen molar-refractivity contribution in [1.29, 1.82) is 0 Å². The van der Waals surface area contributed by atoms with Crippen LogP contribution in [-0.2, 0) is 0 Å². The van der Waals surface area contributed by atoms with E-state index in [0.717, 1.165) is 22.3 Å². The third-order valence-corrected chi connectivity index (χ3v) is 4.27. The molecule has 0 spiro atoms. The van der Waals surface area contributed by atoms with E-state index in [1.54, 1.807) is 13.0 Å². The largest absolute Gasteiger partial charge is 0.507 e. The molecule has 5 heteroatoms. The van der Waals surface area contributed by atoms with Crippen molar-refractivity contribution >= 4 is 22.4 Å². The number of ketones is 1. The zero-order chi connectivity index (χ0) is 17.4. The Morgan fingerprint density at radius 1 is 1.17 bits per heavy atom. The molecule has 0 aliphatic rings. The molecule has 5 nitrogen and oxygen atoms in total. The number of carbonyl (C=O) groups excluding carboxylic acids is 1. The van der Waals surface area contributed by atoms with Gasteiger partial charge in [-0.15, -0.1) is 0 Å². The molecule has 0 radical (unpaired) electrons. The molecule has 0 aliphatic carbocycles. The number of hydrogen-bond acceptors (Lipinski definition) is 4. The van der Waals surface area contributed by atoms with E-state index in [2.05, 4.69) is 5.10 Å². The summed E-state index contributed by atoms with van der Waals surface area (Å²) in [5.41, 5.74) is 4.30. The number of aromatic hydroxyl groups is 1. The molecular formula is C19H19N3O2. The smallest absolute Gasteiger partial charge is 0.162 e. The summed E-state index contributed by atoms with van der Waals surface area (Å²) < 4.78 is 2.01. The minimum Gasteiger partial charge on any atom is -0.507 e. The molecule has 0 saturated carbocycles. The summed E-state index contributed by atoms with van der Waals surface area (Å²) in [6.45, 7) is 5.18. The molecule has 1 aromatic heterocycles. The Kier molecular flexibility index (Phi) is 3.85. The summed E-state index contributed by atoms with van der Waals surface area (Å²) >= 11 is 0. The second-order valence-corrected chi connectivity index (χ2v) is 5.79. The minimum absolute atomic E-state index is 0.0384. The summed E-state index contributed by atoms with van der Waals surface area (Å²) in [7, 11) is 0. The van der Waals surface area contributed by atoms with Gasteiger partial charge in [0.2, 0.25) is 0 Å². The molecule has 24 heavy (non-hydrogen) atoms. The first-order valence-corrected chi connectivity index (χ1v) is 7.65. The molecule has 1 heterocycles. The van der Waals surface area contributed by atoms with Crippen molar-refractivity contribution < 1.29 is 9.90 Å². The Bertz CT molecular complexity index is 969. The highest BCUT2D eigenvalue weighted by atomic mass is 16.3. The molecule has 2 aromatic carbocycles. The average Bonchev–Trinajstić information content (AvgIpc) is 2.85. The fourth-order valence-corrected chi connectivity index (χ4v) is 3.16. The lowest BCUT2D eigenvalue weighted by atomic mass is 10.0. The molecule has 122 valence electrons. The number of benzene rings is 2. The lowest BCUT2D eigenvalue weighted by molar-refractivity contribution is 0.101. The maximum atomic E-state index is 12.2. The molecule has 0 atom stereocenters. The van der Waals surface area contributed by atoms with Crippen LogP contribution in [0.1, 0.15) is 35.5 Å². The average molecular weight is 321 g/mol. The molecule has 3 N–H and O–H groups in total. The number of phenolic OH excluding ortho intramolecular Hbond substituents is 1. The van der Waals surface area contributed by atoms with Crippen LogP contribution in [0.5, 0.6) is 5.75 Å². The number of aromatic nitrogens is 1. The van der Waals surface area contributed by atoms with Crippen LogP contribution < -0.4 is 5.84 Å². The normalized spacial score (nSPS) is 11.9. The van der Waals surface area contributed by atoms with Crippen molar-refractivity contribution in [3.63, 3.8) is 0 Å². The zero-order valence-corrected chi connectivity index (χ0v) is 13.9.